The highest BCUT2D eigenvalue weighted by Crippen LogP contribution is 2.18. The van der Waals surface area contributed by atoms with E-state index in [2.05, 4.69) is 5.32 Å². The Morgan fingerprint density at radius 2 is 1.64 bits per heavy atom. The van der Waals surface area contributed by atoms with Gasteiger partial charge in [0.05, 0.1) is 6.42 Å². The highest BCUT2D eigenvalue weighted by molar-refractivity contribution is 4.83. The van der Waals surface area contributed by atoms with Gasteiger partial charge in [-0.25, -0.2) is 0 Å². The molecule has 86 valence electrons. The maximum atomic E-state index is 11.8. The molecular weight excluding hydrogens is 193 g/mol. The maximum Gasteiger partial charge on any atom is 0.390 e. The zero-order chi connectivity index (χ0) is 11.2. The zero-order valence-corrected chi connectivity index (χ0v) is 8.75. The quantitative estimate of drug-likeness (QED) is 0.661. The van der Waals surface area contributed by atoms with Crippen LogP contribution in [0.5, 0.6) is 0 Å². The summed E-state index contributed by atoms with van der Waals surface area (Å²) in [5.74, 6) is 0. The minimum Gasteiger partial charge on any atom is -0.324 e. The molecule has 0 aliphatic rings. The first kappa shape index (κ1) is 13.7. The average Bonchev–Trinajstić information content (AvgIpc) is 2.11. The van der Waals surface area contributed by atoms with Gasteiger partial charge in [0.15, 0.2) is 0 Å². The largest absolute Gasteiger partial charge is 0.390 e. The summed E-state index contributed by atoms with van der Waals surface area (Å²) in [6, 6.07) is 0. The fourth-order valence-corrected chi connectivity index (χ4v) is 1.07. The fourth-order valence-electron chi connectivity index (χ4n) is 1.07. The smallest absolute Gasteiger partial charge is 0.324 e. The molecule has 3 N–H and O–H groups in total. The van der Waals surface area contributed by atoms with Gasteiger partial charge in [0.25, 0.3) is 0 Å². The van der Waals surface area contributed by atoms with Crippen LogP contribution in [-0.4, -0.2) is 24.8 Å². The molecule has 0 aliphatic carbocycles. The molecule has 0 bridgehead atoms. The predicted octanol–water partition coefficient (Wildman–Crippen LogP) is 2.05. The molecule has 5 heteroatoms. The van der Waals surface area contributed by atoms with Crippen LogP contribution in [-0.2, 0) is 0 Å². The second-order valence-electron chi connectivity index (χ2n) is 3.61. The van der Waals surface area contributed by atoms with Crippen molar-refractivity contribution in [3.63, 3.8) is 0 Å². The van der Waals surface area contributed by atoms with Crippen LogP contribution in [0, 0.1) is 0 Å². The van der Waals surface area contributed by atoms with Crippen molar-refractivity contribution < 1.29 is 13.2 Å². The molecule has 0 fully saturated rings. The number of nitrogens with two attached hydrogens (primary N) is 1. The van der Waals surface area contributed by atoms with Crippen LogP contribution in [0.3, 0.4) is 0 Å². The van der Waals surface area contributed by atoms with E-state index in [0.717, 1.165) is 12.8 Å². The number of alkyl halides is 3. The van der Waals surface area contributed by atoms with Gasteiger partial charge in [-0.2, -0.15) is 13.2 Å². The predicted molar refractivity (Wildman–Crippen MR) is 51.0 cm³/mol. The van der Waals surface area contributed by atoms with Crippen molar-refractivity contribution in [1.29, 1.82) is 0 Å². The second kappa shape index (κ2) is 5.56. The monoisotopic (exact) mass is 212 g/mol. The van der Waals surface area contributed by atoms with Gasteiger partial charge < -0.3 is 11.1 Å². The molecule has 0 spiro atoms. The van der Waals surface area contributed by atoms with E-state index in [-0.39, 0.29) is 12.1 Å². The summed E-state index contributed by atoms with van der Waals surface area (Å²) < 4.78 is 35.3. The second-order valence-corrected chi connectivity index (χ2v) is 3.61. The lowest BCUT2D eigenvalue weighted by atomic mass is 9.94. The summed E-state index contributed by atoms with van der Waals surface area (Å²) in [7, 11) is 0. The van der Waals surface area contributed by atoms with Crippen LogP contribution in [0.2, 0.25) is 0 Å². The molecule has 2 nitrogen and oxygen atoms in total. The molecule has 0 saturated heterocycles. The number of halogens is 3. The van der Waals surface area contributed by atoms with Crippen LogP contribution >= 0.6 is 0 Å². The third kappa shape index (κ3) is 6.21. The highest BCUT2D eigenvalue weighted by atomic mass is 19.4. The topological polar surface area (TPSA) is 38.0 Å². The lowest BCUT2D eigenvalue weighted by Gasteiger charge is -2.27. The van der Waals surface area contributed by atoms with Crippen molar-refractivity contribution in [1.82, 2.24) is 5.32 Å². The molecule has 0 rings (SSSR count). The SMILES string of the molecule is CCC(N)(CC)CNCCC(F)(F)F. The Hall–Kier alpha value is -0.290. The fraction of sp³-hybridized carbons (Fsp3) is 1.00. The van der Waals surface area contributed by atoms with Crippen molar-refractivity contribution in [2.45, 2.75) is 44.8 Å². The molecule has 0 aromatic carbocycles. The first-order chi connectivity index (χ1) is 6.33. The first-order valence-corrected chi connectivity index (χ1v) is 4.89. The van der Waals surface area contributed by atoms with Gasteiger partial charge in [0.2, 0.25) is 0 Å². The normalized spacial score (nSPS) is 13.3. The molecule has 0 radical (unpaired) electrons. The Labute approximate surface area is 83.0 Å². The van der Waals surface area contributed by atoms with E-state index in [0.29, 0.717) is 6.54 Å². The van der Waals surface area contributed by atoms with Gasteiger partial charge >= 0.3 is 6.18 Å². The Balaban J connectivity index is 3.63. The lowest BCUT2D eigenvalue weighted by molar-refractivity contribution is -0.133. The summed E-state index contributed by atoms with van der Waals surface area (Å²) in [6.45, 7) is 4.27. The van der Waals surface area contributed by atoms with Crippen molar-refractivity contribution in [2.75, 3.05) is 13.1 Å². The Kier molecular flexibility index (Phi) is 5.44. The molecule has 0 aromatic heterocycles. The number of hydrogen-bond acceptors (Lipinski definition) is 2. The molecular formula is C9H19F3N2. The zero-order valence-electron chi connectivity index (χ0n) is 8.75. The summed E-state index contributed by atoms with van der Waals surface area (Å²) >= 11 is 0. The van der Waals surface area contributed by atoms with Crippen LogP contribution < -0.4 is 11.1 Å². The molecule has 0 saturated carbocycles. The summed E-state index contributed by atoms with van der Waals surface area (Å²) in [5.41, 5.74) is 5.53. The number of nitrogens with one attached hydrogen (secondary N) is 1. The van der Waals surface area contributed by atoms with Crippen molar-refractivity contribution in [3.05, 3.63) is 0 Å². The van der Waals surface area contributed by atoms with E-state index in [1.165, 1.54) is 0 Å². The Morgan fingerprint density at radius 1 is 1.14 bits per heavy atom. The molecule has 0 aliphatic heterocycles. The van der Waals surface area contributed by atoms with E-state index in [1.807, 2.05) is 13.8 Å². The van der Waals surface area contributed by atoms with Crippen LogP contribution in [0.25, 0.3) is 0 Å². The van der Waals surface area contributed by atoms with E-state index in [4.69, 9.17) is 5.73 Å². The van der Waals surface area contributed by atoms with Crippen LogP contribution in [0.15, 0.2) is 0 Å². The van der Waals surface area contributed by atoms with Crippen molar-refractivity contribution >= 4 is 0 Å². The van der Waals surface area contributed by atoms with E-state index < -0.39 is 12.6 Å². The van der Waals surface area contributed by atoms with E-state index in [9.17, 15) is 13.2 Å². The van der Waals surface area contributed by atoms with Crippen LogP contribution in [0.1, 0.15) is 33.1 Å². The van der Waals surface area contributed by atoms with E-state index in [1.54, 1.807) is 0 Å². The molecule has 0 heterocycles. The summed E-state index contributed by atoms with van der Waals surface area (Å²) in [6.07, 6.45) is -3.34. The average molecular weight is 212 g/mol. The molecule has 0 amide bonds. The summed E-state index contributed by atoms with van der Waals surface area (Å²) in [5, 5.41) is 2.74. The first-order valence-electron chi connectivity index (χ1n) is 4.89. The minimum absolute atomic E-state index is 0.0531. The Morgan fingerprint density at radius 3 is 2.00 bits per heavy atom. The van der Waals surface area contributed by atoms with Gasteiger partial charge in [-0.05, 0) is 12.8 Å². The van der Waals surface area contributed by atoms with Gasteiger partial charge in [-0.3, -0.25) is 0 Å². The molecule has 0 unspecified atom stereocenters. The van der Waals surface area contributed by atoms with Gasteiger partial charge in [0.1, 0.15) is 0 Å². The number of rotatable bonds is 6. The maximum absolute atomic E-state index is 11.8. The van der Waals surface area contributed by atoms with Crippen LogP contribution in [0.4, 0.5) is 13.2 Å². The van der Waals surface area contributed by atoms with Gasteiger partial charge in [0, 0.05) is 18.6 Å². The molecule has 0 atom stereocenters. The van der Waals surface area contributed by atoms with E-state index >= 15 is 0 Å². The number of hydrogen-bond donors (Lipinski definition) is 2. The standard InChI is InChI=1S/C9H19F3N2/c1-3-8(13,4-2)7-14-6-5-9(10,11)12/h14H,3-7,13H2,1-2H3. The van der Waals surface area contributed by atoms with Crippen molar-refractivity contribution in [2.24, 2.45) is 5.73 Å². The van der Waals surface area contributed by atoms with Gasteiger partial charge in [-0.1, -0.05) is 13.8 Å². The molecule has 14 heavy (non-hydrogen) atoms. The van der Waals surface area contributed by atoms with Gasteiger partial charge in [-0.15, -0.1) is 0 Å². The lowest BCUT2D eigenvalue weighted by Crippen LogP contribution is -2.48. The third-order valence-corrected chi connectivity index (χ3v) is 2.47. The highest BCUT2D eigenvalue weighted by Gasteiger charge is 2.27. The summed E-state index contributed by atoms with van der Waals surface area (Å²) in [4.78, 5) is 0. The minimum atomic E-state index is -4.08. The third-order valence-electron chi connectivity index (χ3n) is 2.47. The Bertz CT molecular complexity index is 153. The molecule has 0 aromatic rings. The van der Waals surface area contributed by atoms with Crippen molar-refractivity contribution in [3.8, 4) is 0 Å².